The van der Waals surface area contributed by atoms with Gasteiger partial charge in [-0.1, -0.05) is 140 Å². The van der Waals surface area contributed by atoms with E-state index in [1.165, 1.54) is 89.2 Å². The minimum absolute atomic E-state index is 0.763. The number of aromatic nitrogens is 1. The molecule has 1 aromatic heterocycles. The molecular formula is C57H46N2. The first-order valence-electron chi connectivity index (χ1n) is 21.3. The lowest BCUT2D eigenvalue weighted by molar-refractivity contribution is 0.534. The molecular weight excluding hydrogens is 713 g/mol. The second kappa shape index (κ2) is 14.8. The smallest absolute Gasteiger partial charge is 0.0550 e. The van der Waals surface area contributed by atoms with E-state index in [0.717, 1.165) is 48.7 Å². The summed E-state index contributed by atoms with van der Waals surface area (Å²) in [6.07, 6.45) is 12.8. The summed E-state index contributed by atoms with van der Waals surface area (Å²) in [4.78, 5) is 2.44. The zero-order valence-electron chi connectivity index (χ0n) is 33.5. The van der Waals surface area contributed by atoms with Crippen molar-refractivity contribution < 1.29 is 0 Å². The van der Waals surface area contributed by atoms with E-state index >= 15 is 0 Å². The molecule has 0 N–H and O–H groups in total. The second-order valence-corrected chi connectivity index (χ2v) is 16.5. The Morgan fingerprint density at radius 2 is 1.25 bits per heavy atom. The number of rotatable bonds is 7. The zero-order chi connectivity index (χ0) is 39.3. The molecule has 59 heavy (non-hydrogen) atoms. The highest BCUT2D eigenvalue weighted by atomic mass is 15.1. The average Bonchev–Trinajstić information content (AvgIpc) is 3.63. The summed E-state index contributed by atoms with van der Waals surface area (Å²) in [6.45, 7) is 2.36. The Labute approximate surface area is 347 Å². The Kier molecular flexibility index (Phi) is 8.85. The number of benzene rings is 8. The molecule has 2 aliphatic rings. The molecule has 2 nitrogen and oxygen atoms in total. The highest BCUT2D eigenvalue weighted by Gasteiger charge is 2.24. The molecule has 1 heterocycles. The Morgan fingerprint density at radius 1 is 0.559 bits per heavy atom. The number of fused-ring (bicyclic) bond motifs is 5. The van der Waals surface area contributed by atoms with E-state index in [4.69, 9.17) is 0 Å². The van der Waals surface area contributed by atoms with Crippen molar-refractivity contribution in [1.82, 2.24) is 4.57 Å². The molecule has 8 aromatic carbocycles. The molecule has 284 valence electrons. The molecule has 0 bridgehead atoms. The van der Waals surface area contributed by atoms with Gasteiger partial charge in [0.1, 0.15) is 0 Å². The number of hydrogen-bond donors (Lipinski definition) is 0. The van der Waals surface area contributed by atoms with Crippen LogP contribution in [0.1, 0.15) is 49.4 Å². The Morgan fingerprint density at radius 3 is 2.03 bits per heavy atom. The summed E-state index contributed by atoms with van der Waals surface area (Å²) in [6, 6.07) is 65.2. The van der Waals surface area contributed by atoms with Crippen LogP contribution in [0, 0.1) is 5.92 Å². The Balaban J connectivity index is 1.09. The monoisotopic (exact) mass is 758 g/mol. The average molecular weight is 759 g/mol. The maximum absolute atomic E-state index is 2.48. The van der Waals surface area contributed by atoms with Gasteiger partial charge in [0.15, 0.2) is 0 Å². The van der Waals surface area contributed by atoms with Crippen molar-refractivity contribution in [3.8, 4) is 27.9 Å². The van der Waals surface area contributed by atoms with Crippen LogP contribution in [-0.2, 0) is 6.42 Å². The van der Waals surface area contributed by atoms with Gasteiger partial charge >= 0.3 is 0 Å². The first-order valence-corrected chi connectivity index (χ1v) is 21.3. The molecule has 0 saturated carbocycles. The molecule has 1 unspecified atom stereocenters. The summed E-state index contributed by atoms with van der Waals surface area (Å²) in [5.41, 5.74) is 16.4. The van der Waals surface area contributed by atoms with E-state index in [-0.39, 0.29) is 0 Å². The quantitative estimate of drug-likeness (QED) is 0.157. The predicted molar refractivity (Wildman–Crippen MR) is 252 cm³/mol. The van der Waals surface area contributed by atoms with Gasteiger partial charge in [0, 0.05) is 33.8 Å². The van der Waals surface area contributed by atoms with E-state index in [1.807, 2.05) is 0 Å². The van der Waals surface area contributed by atoms with E-state index in [1.54, 1.807) is 0 Å². The maximum atomic E-state index is 2.48. The third-order valence-corrected chi connectivity index (χ3v) is 12.8. The largest absolute Gasteiger partial charge is 0.310 e. The molecule has 1 atom stereocenters. The van der Waals surface area contributed by atoms with E-state index < -0.39 is 0 Å². The van der Waals surface area contributed by atoms with Gasteiger partial charge in [-0.05, 0) is 159 Å². The lowest BCUT2D eigenvalue weighted by Gasteiger charge is -2.27. The van der Waals surface area contributed by atoms with Crippen LogP contribution in [0.5, 0.6) is 0 Å². The summed E-state index contributed by atoms with van der Waals surface area (Å²) >= 11 is 0. The van der Waals surface area contributed by atoms with Gasteiger partial charge in [-0.15, -0.1) is 0 Å². The van der Waals surface area contributed by atoms with Crippen molar-refractivity contribution >= 4 is 61.2 Å². The van der Waals surface area contributed by atoms with Gasteiger partial charge in [0.2, 0.25) is 0 Å². The van der Waals surface area contributed by atoms with Crippen LogP contribution in [0.25, 0.3) is 72.0 Å². The maximum Gasteiger partial charge on any atom is 0.0550 e. The van der Waals surface area contributed by atoms with E-state index in [2.05, 4.69) is 211 Å². The van der Waals surface area contributed by atoms with Crippen molar-refractivity contribution in [3.63, 3.8) is 0 Å². The normalized spacial score (nSPS) is 15.1. The van der Waals surface area contributed by atoms with Crippen LogP contribution in [0.15, 0.2) is 188 Å². The highest BCUT2D eigenvalue weighted by Crippen LogP contribution is 2.46. The Hall–Kier alpha value is -6.90. The highest BCUT2D eigenvalue weighted by molar-refractivity contribution is 6.15. The van der Waals surface area contributed by atoms with Crippen molar-refractivity contribution in [3.05, 3.63) is 205 Å². The number of anilines is 3. The topological polar surface area (TPSA) is 8.17 Å². The molecule has 0 saturated heterocycles. The molecule has 0 radical (unpaired) electrons. The third-order valence-electron chi connectivity index (χ3n) is 12.8. The molecule has 2 aliphatic carbocycles. The molecule has 0 spiro atoms. The van der Waals surface area contributed by atoms with Gasteiger partial charge in [0.25, 0.3) is 0 Å². The fraction of sp³-hybridized carbons (Fsp3) is 0.123. The van der Waals surface area contributed by atoms with Gasteiger partial charge < -0.3 is 9.47 Å². The molecule has 11 rings (SSSR count). The van der Waals surface area contributed by atoms with Crippen molar-refractivity contribution in [2.45, 2.75) is 39.0 Å². The lowest BCUT2D eigenvalue weighted by Crippen LogP contribution is -2.10. The van der Waals surface area contributed by atoms with Crippen LogP contribution >= 0.6 is 0 Å². The van der Waals surface area contributed by atoms with Gasteiger partial charge in [-0.25, -0.2) is 0 Å². The van der Waals surface area contributed by atoms with Crippen LogP contribution in [-0.4, -0.2) is 4.57 Å². The van der Waals surface area contributed by atoms with Gasteiger partial charge in [-0.3, -0.25) is 0 Å². The van der Waals surface area contributed by atoms with Gasteiger partial charge in [0.05, 0.1) is 5.52 Å². The fourth-order valence-corrected chi connectivity index (χ4v) is 9.78. The summed E-state index contributed by atoms with van der Waals surface area (Å²) in [5, 5.41) is 6.42. The molecule has 0 aliphatic heterocycles. The number of allylic oxidation sites excluding steroid dienone is 3. The summed E-state index contributed by atoms with van der Waals surface area (Å²) in [5.74, 6) is 0.763. The van der Waals surface area contributed by atoms with Crippen molar-refractivity contribution in [2.24, 2.45) is 5.92 Å². The second-order valence-electron chi connectivity index (χ2n) is 16.5. The first kappa shape index (κ1) is 35.3. The Bertz CT molecular complexity index is 3070. The van der Waals surface area contributed by atoms with Crippen LogP contribution < -0.4 is 4.90 Å². The van der Waals surface area contributed by atoms with Crippen LogP contribution in [0.2, 0.25) is 0 Å². The van der Waals surface area contributed by atoms with Crippen LogP contribution in [0.3, 0.4) is 0 Å². The number of para-hydroxylation sites is 1. The SMILES string of the molecule is CC1CC=C(c2ccc(N(c3ccc(-c4cccc5ccccc45)cc3)c3cccc(-c4c5ccccc5cc5c4c4c(n5-c5ccccc5)C=CCC4)c3)cc2)CC1. The first-order chi connectivity index (χ1) is 29.2. The summed E-state index contributed by atoms with van der Waals surface area (Å²) in [7, 11) is 0. The minimum atomic E-state index is 0.763. The molecule has 0 amide bonds. The molecule has 0 fully saturated rings. The van der Waals surface area contributed by atoms with Gasteiger partial charge in [-0.2, -0.15) is 0 Å². The molecule has 2 heteroatoms. The van der Waals surface area contributed by atoms with Crippen LogP contribution in [0.4, 0.5) is 17.1 Å². The zero-order valence-corrected chi connectivity index (χ0v) is 33.5. The minimum Gasteiger partial charge on any atom is -0.310 e. The summed E-state index contributed by atoms with van der Waals surface area (Å²) < 4.78 is 2.48. The standard InChI is InChI=1S/C57H46N2/c1-39-25-27-40(28-26-39)41-29-33-47(34-30-41)58(48-35-31-43(32-36-48)51-23-12-15-42-13-5-7-20-50(42)51)49-19-11-16-45(37-49)56-52-21-8-6-14-44(52)38-55-57(56)53-22-9-10-24-54(53)59(55)46-17-3-2-4-18-46/h2-8,10-21,23-24,27,29-39H,9,22,25-26,28H2,1H3. The molecule has 9 aromatic rings. The fourth-order valence-electron chi connectivity index (χ4n) is 9.78. The number of hydrogen-bond acceptors (Lipinski definition) is 1. The van der Waals surface area contributed by atoms with E-state index in [0.29, 0.717) is 0 Å². The number of nitrogens with zero attached hydrogens (tertiary/aromatic N) is 2. The predicted octanol–water partition coefficient (Wildman–Crippen LogP) is 15.9. The van der Waals surface area contributed by atoms with E-state index in [9.17, 15) is 0 Å². The lowest BCUT2D eigenvalue weighted by atomic mass is 9.87. The van der Waals surface area contributed by atoms with Crippen molar-refractivity contribution in [2.75, 3.05) is 4.90 Å². The number of aryl methyl sites for hydroxylation is 1. The third kappa shape index (κ3) is 6.28. The van der Waals surface area contributed by atoms with Crippen molar-refractivity contribution in [1.29, 1.82) is 0 Å².